The van der Waals surface area contributed by atoms with E-state index in [9.17, 15) is 0 Å². The van der Waals surface area contributed by atoms with E-state index in [1.807, 2.05) is 6.92 Å². The second-order valence-electron chi connectivity index (χ2n) is 2.16. The number of nitrogens with two attached hydrogens (primary N) is 1. The molecule has 0 spiro atoms. The minimum atomic E-state index is 0.533. The molecule has 0 aliphatic rings. The van der Waals surface area contributed by atoms with Crippen molar-refractivity contribution in [3.05, 3.63) is 17.8 Å². The molecule has 1 aromatic heterocycles. The third kappa shape index (κ3) is 1.29. The van der Waals surface area contributed by atoms with Gasteiger partial charge in [-0.2, -0.15) is 0 Å². The monoisotopic (exact) mass is 132 g/mol. The lowest BCUT2D eigenvalue weighted by molar-refractivity contribution is 1.14. The molecule has 0 saturated heterocycles. The van der Waals surface area contributed by atoms with E-state index in [4.69, 9.17) is 13.6 Å². The average molecular weight is 132 g/mol. The van der Waals surface area contributed by atoms with E-state index in [0.717, 1.165) is 17.4 Å². The first-order valence-corrected chi connectivity index (χ1v) is 3.24. The summed E-state index contributed by atoms with van der Waals surface area (Å²) in [5.41, 5.74) is 7.22. The van der Waals surface area contributed by atoms with Gasteiger partial charge in [-0.25, -0.2) is 4.98 Å². The Bertz CT molecular complexity index is 235. The molecule has 1 rings (SSSR count). The highest BCUT2D eigenvalue weighted by Gasteiger charge is 1.94. The Hall–Kier alpha value is -0.985. The number of anilines is 1. The van der Waals surface area contributed by atoms with Gasteiger partial charge in [0, 0.05) is 6.20 Å². The average Bonchev–Trinajstić information content (AvgIpc) is 1.94. The standard InChI is InChI=1S/C7H9BN2/c1-2-5-3-7(9)10-4-6(5)8/h3-4H,2H2,1H3,(H2,9,10). The molecule has 0 bridgehead atoms. The first-order valence-electron chi connectivity index (χ1n) is 3.24. The highest BCUT2D eigenvalue weighted by Crippen LogP contribution is 1.99. The molecule has 1 heterocycles. The summed E-state index contributed by atoms with van der Waals surface area (Å²) in [6, 6.07) is 1.80. The van der Waals surface area contributed by atoms with Crippen LogP contribution in [-0.2, 0) is 6.42 Å². The maximum Gasteiger partial charge on any atom is 0.123 e. The quantitative estimate of drug-likeness (QED) is 0.547. The lowest BCUT2D eigenvalue weighted by Gasteiger charge is -2.01. The van der Waals surface area contributed by atoms with Crippen molar-refractivity contribution in [2.45, 2.75) is 13.3 Å². The van der Waals surface area contributed by atoms with Crippen LogP contribution in [0.5, 0.6) is 0 Å². The summed E-state index contributed by atoms with van der Waals surface area (Å²) in [5.74, 6) is 0.533. The Balaban J connectivity index is 3.09. The van der Waals surface area contributed by atoms with Gasteiger partial charge < -0.3 is 5.73 Å². The number of hydrogen-bond acceptors (Lipinski definition) is 2. The molecule has 0 aliphatic carbocycles. The predicted molar refractivity (Wildman–Crippen MR) is 43.4 cm³/mol. The van der Waals surface area contributed by atoms with Crippen LogP contribution in [-0.4, -0.2) is 12.8 Å². The van der Waals surface area contributed by atoms with E-state index >= 15 is 0 Å². The van der Waals surface area contributed by atoms with Crippen LogP contribution < -0.4 is 11.2 Å². The van der Waals surface area contributed by atoms with Crippen LogP contribution in [0.25, 0.3) is 0 Å². The van der Waals surface area contributed by atoms with Gasteiger partial charge in [-0.15, -0.1) is 0 Å². The number of nitrogen functional groups attached to an aromatic ring is 1. The second-order valence-corrected chi connectivity index (χ2v) is 2.16. The van der Waals surface area contributed by atoms with Gasteiger partial charge in [-0.1, -0.05) is 17.9 Å². The van der Waals surface area contributed by atoms with Gasteiger partial charge in [0.1, 0.15) is 13.7 Å². The molecule has 0 amide bonds. The van der Waals surface area contributed by atoms with Crippen LogP contribution in [0.2, 0.25) is 0 Å². The van der Waals surface area contributed by atoms with Crippen molar-refractivity contribution < 1.29 is 0 Å². The van der Waals surface area contributed by atoms with Gasteiger partial charge in [0.05, 0.1) is 0 Å². The summed E-state index contributed by atoms with van der Waals surface area (Å²) in [7, 11) is 5.58. The van der Waals surface area contributed by atoms with Crippen molar-refractivity contribution in [3.63, 3.8) is 0 Å². The first kappa shape index (κ1) is 7.13. The molecule has 0 aliphatic heterocycles. The number of hydrogen-bond donors (Lipinski definition) is 1. The molecule has 2 N–H and O–H groups in total. The Kier molecular flexibility index (Phi) is 1.95. The van der Waals surface area contributed by atoms with Crippen LogP contribution in [0, 0.1) is 0 Å². The van der Waals surface area contributed by atoms with Crippen molar-refractivity contribution in [2.24, 2.45) is 0 Å². The van der Waals surface area contributed by atoms with Gasteiger partial charge in [0.15, 0.2) is 0 Å². The van der Waals surface area contributed by atoms with Gasteiger partial charge >= 0.3 is 0 Å². The molecular formula is C7H9BN2. The van der Waals surface area contributed by atoms with Crippen molar-refractivity contribution >= 4 is 19.1 Å². The highest BCUT2D eigenvalue weighted by atomic mass is 14.8. The molecular weight excluding hydrogens is 123 g/mol. The fourth-order valence-corrected chi connectivity index (χ4v) is 0.832. The van der Waals surface area contributed by atoms with Crippen LogP contribution >= 0.6 is 0 Å². The third-order valence-corrected chi connectivity index (χ3v) is 1.43. The maximum atomic E-state index is 5.58. The molecule has 0 saturated carbocycles. The van der Waals surface area contributed by atoms with E-state index in [0.29, 0.717) is 5.82 Å². The Labute approximate surface area is 61.9 Å². The zero-order chi connectivity index (χ0) is 7.56. The summed E-state index contributed by atoms with van der Waals surface area (Å²) in [5, 5.41) is 0. The molecule has 0 fully saturated rings. The third-order valence-electron chi connectivity index (χ3n) is 1.43. The summed E-state index contributed by atoms with van der Waals surface area (Å²) < 4.78 is 0. The molecule has 50 valence electrons. The van der Waals surface area contributed by atoms with E-state index in [2.05, 4.69) is 4.98 Å². The lowest BCUT2D eigenvalue weighted by Crippen LogP contribution is -2.11. The highest BCUT2D eigenvalue weighted by molar-refractivity contribution is 6.33. The maximum absolute atomic E-state index is 5.58. The fourth-order valence-electron chi connectivity index (χ4n) is 0.832. The number of rotatable bonds is 1. The first-order chi connectivity index (χ1) is 4.74. The van der Waals surface area contributed by atoms with Crippen LogP contribution in [0.3, 0.4) is 0 Å². The van der Waals surface area contributed by atoms with Crippen LogP contribution in [0.4, 0.5) is 5.82 Å². The number of aromatic nitrogens is 1. The largest absolute Gasteiger partial charge is 0.384 e. The summed E-state index contributed by atoms with van der Waals surface area (Å²) in [6.45, 7) is 2.03. The van der Waals surface area contributed by atoms with Crippen molar-refractivity contribution in [3.8, 4) is 0 Å². The van der Waals surface area contributed by atoms with Gasteiger partial charge in [0.25, 0.3) is 0 Å². The fraction of sp³-hybridized carbons (Fsp3) is 0.286. The smallest absolute Gasteiger partial charge is 0.123 e. The summed E-state index contributed by atoms with van der Waals surface area (Å²) in [6.07, 6.45) is 2.49. The molecule has 2 radical (unpaired) electrons. The number of pyridine rings is 1. The van der Waals surface area contributed by atoms with E-state index < -0.39 is 0 Å². The molecule has 10 heavy (non-hydrogen) atoms. The molecule has 2 nitrogen and oxygen atoms in total. The van der Waals surface area contributed by atoms with E-state index in [1.54, 1.807) is 12.3 Å². The molecule has 1 aromatic rings. The van der Waals surface area contributed by atoms with Crippen molar-refractivity contribution in [1.29, 1.82) is 0 Å². The van der Waals surface area contributed by atoms with Gasteiger partial charge in [-0.05, 0) is 12.5 Å². The molecule has 3 heteroatoms. The number of nitrogens with zero attached hydrogens (tertiary/aromatic N) is 1. The van der Waals surface area contributed by atoms with Gasteiger partial charge in [0.2, 0.25) is 0 Å². The van der Waals surface area contributed by atoms with Crippen LogP contribution in [0.1, 0.15) is 12.5 Å². The number of aryl methyl sites for hydroxylation is 1. The predicted octanol–water partition coefficient (Wildman–Crippen LogP) is 0.0200. The Morgan fingerprint density at radius 3 is 2.90 bits per heavy atom. The van der Waals surface area contributed by atoms with E-state index in [1.165, 1.54) is 0 Å². The second kappa shape index (κ2) is 2.73. The van der Waals surface area contributed by atoms with Gasteiger partial charge in [-0.3, -0.25) is 0 Å². The zero-order valence-corrected chi connectivity index (χ0v) is 5.96. The Morgan fingerprint density at radius 2 is 2.40 bits per heavy atom. The topological polar surface area (TPSA) is 38.9 Å². The summed E-state index contributed by atoms with van der Waals surface area (Å²) >= 11 is 0. The van der Waals surface area contributed by atoms with Crippen molar-refractivity contribution in [2.75, 3.05) is 5.73 Å². The minimum absolute atomic E-state index is 0.533. The lowest BCUT2D eigenvalue weighted by atomic mass is 9.91. The molecule has 0 unspecified atom stereocenters. The Morgan fingerprint density at radius 1 is 1.70 bits per heavy atom. The molecule has 0 aromatic carbocycles. The van der Waals surface area contributed by atoms with E-state index in [-0.39, 0.29) is 0 Å². The SMILES string of the molecule is [B]c1cnc(N)cc1CC. The molecule has 0 atom stereocenters. The normalized spacial score (nSPS) is 9.70. The van der Waals surface area contributed by atoms with Crippen LogP contribution in [0.15, 0.2) is 12.3 Å². The summed E-state index contributed by atoms with van der Waals surface area (Å²) in [4.78, 5) is 3.84. The van der Waals surface area contributed by atoms with Crippen molar-refractivity contribution in [1.82, 2.24) is 4.98 Å². The minimum Gasteiger partial charge on any atom is -0.384 e. The zero-order valence-electron chi connectivity index (χ0n) is 5.96.